The predicted octanol–water partition coefficient (Wildman–Crippen LogP) is 1.92. The molecule has 0 spiro atoms. The van der Waals surface area contributed by atoms with Gasteiger partial charge in [0.05, 0.1) is 4.75 Å². The standard InChI is InChI=1S/C16H27NO6S/c1-14(2,3)24(18)17-8-9-10-11(21-15(4,5)20-10)12-13(19-9)23-16(6,7)22-12/h8-13H,1-7H3/b17-8+/t9-,10+,11+,12-,13-,24?/m1/s1. The molecular formula is C16H27NO6S. The van der Waals surface area contributed by atoms with E-state index in [1.807, 2.05) is 48.5 Å². The molecule has 3 rings (SSSR count). The molecule has 24 heavy (non-hydrogen) atoms. The van der Waals surface area contributed by atoms with Crippen molar-refractivity contribution >= 4 is 17.2 Å². The van der Waals surface area contributed by atoms with E-state index in [9.17, 15) is 4.21 Å². The average molecular weight is 361 g/mol. The number of hydrogen-bond acceptors (Lipinski definition) is 6. The second-order valence-corrected chi connectivity index (χ2v) is 10.2. The van der Waals surface area contributed by atoms with Crippen LogP contribution in [0.25, 0.3) is 0 Å². The van der Waals surface area contributed by atoms with Crippen LogP contribution in [0.4, 0.5) is 0 Å². The monoisotopic (exact) mass is 361 g/mol. The number of rotatable bonds is 2. The van der Waals surface area contributed by atoms with E-state index in [4.69, 9.17) is 23.7 Å². The maximum atomic E-state index is 12.2. The van der Waals surface area contributed by atoms with Gasteiger partial charge in [0.2, 0.25) is 0 Å². The van der Waals surface area contributed by atoms with Crippen LogP contribution in [0, 0.1) is 0 Å². The predicted molar refractivity (Wildman–Crippen MR) is 88.9 cm³/mol. The van der Waals surface area contributed by atoms with Gasteiger partial charge < -0.3 is 23.7 Å². The zero-order valence-electron chi connectivity index (χ0n) is 15.3. The molecule has 0 saturated carbocycles. The molecule has 0 N–H and O–H groups in total. The Morgan fingerprint density at radius 1 is 0.917 bits per heavy atom. The molecule has 0 aliphatic carbocycles. The summed E-state index contributed by atoms with van der Waals surface area (Å²) in [4.78, 5) is 0. The summed E-state index contributed by atoms with van der Waals surface area (Å²) in [7, 11) is -1.37. The molecule has 3 aliphatic rings. The van der Waals surface area contributed by atoms with Gasteiger partial charge in [0.1, 0.15) is 35.4 Å². The highest BCUT2D eigenvalue weighted by Crippen LogP contribution is 2.43. The van der Waals surface area contributed by atoms with Crippen molar-refractivity contribution in [3.8, 4) is 0 Å². The van der Waals surface area contributed by atoms with Crippen LogP contribution in [0.5, 0.6) is 0 Å². The quantitative estimate of drug-likeness (QED) is 0.700. The van der Waals surface area contributed by atoms with Crippen LogP contribution in [0.3, 0.4) is 0 Å². The van der Waals surface area contributed by atoms with E-state index < -0.39 is 39.7 Å². The normalized spacial score (nSPS) is 42.0. The molecule has 3 fully saturated rings. The van der Waals surface area contributed by atoms with Crippen LogP contribution in [0.2, 0.25) is 0 Å². The Labute approximate surface area is 145 Å². The summed E-state index contributed by atoms with van der Waals surface area (Å²) in [5.41, 5.74) is 0. The highest BCUT2D eigenvalue weighted by atomic mass is 32.2. The fraction of sp³-hybridized carbons (Fsp3) is 0.938. The summed E-state index contributed by atoms with van der Waals surface area (Å²) < 4.78 is 45.7. The molecular weight excluding hydrogens is 334 g/mol. The van der Waals surface area contributed by atoms with Crippen molar-refractivity contribution in [3.05, 3.63) is 0 Å². The summed E-state index contributed by atoms with van der Waals surface area (Å²) in [5, 5.41) is 0. The summed E-state index contributed by atoms with van der Waals surface area (Å²) >= 11 is 0. The number of ether oxygens (including phenoxy) is 5. The molecule has 3 aliphatic heterocycles. The van der Waals surface area contributed by atoms with E-state index in [1.165, 1.54) is 0 Å². The number of hydrogen-bond donors (Lipinski definition) is 0. The van der Waals surface area contributed by atoms with E-state index in [-0.39, 0.29) is 18.3 Å². The Morgan fingerprint density at radius 2 is 1.46 bits per heavy atom. The third-order valence-electron chi connectivity index (χ3n) is 4.02. The molecule has 0 radical (unpaired) electrons. The molecule has 1 unspecified atom stereocenters. The van der Waals surface area contributed by atoms with Gasteiger partial charge in [-0.05, 0) is 48.5 Å². The lowest BCUT2D eigenvalue weighted by Crippen LogP contribution is -2.55. The SMILES string of the molecule is CC1(C)O[C@H]2[C@@H](O1)[C@@H](/C=N/S(=O)C(C)(C)C)O[C@@H]1OC(C)(C)O[C@@H]12. The van der Waals surface area contributed by atoms with Crippen molar-refractivity contribution in [1.82, 2.24) is 0 Å². The van der Waals surface area contributed by atoms with Gasteiger partial charge in [0.15, 0.2) is 17.9 Å². The zero-order chi connectivity index (χ0) is 17.9. The lowest BCUT2D eigenvalue weighted by molar-refractivity contribution is -0.217. The third kappa shape index (κ3) is 3.59. The highest BCUT2D eigenvalue weighted by Gasteiger charge is 2.60. The number of nitrogens with zero attached hydrogens (tertiary/aromatic N) is 1. The van der Waals surface area contributed by atoms with E-state index in [0.29, 0.717) is 0 Å². The molecule has 0 aromatic carbocycles. The van der Waals surface area contributed by atoms with Crippen LogP contribution in [0.15, 0.2) is 4.40 Å². The Hall–Kier alpha value is -0.380. The van der Waals surface area contributed by atoms with Crippen molar-refractivity contribution in [3.63, 3.8) is 0 Å². The van der Waals surface area contributed by atoms with Crippen molar-refractivity contribution in [1.29, 1.82) is 0 Å². The van der Waals surface area contributed by atoms with Gasteiger partial charge in [-0.2, -0.15) is 4.40 Å². The third-order valence-corrected chi connectivity index (χ3v) is 5.38. The van der Waals surface area contributed by atoms with Crippen molar-refractivity contribution in [2.75, 3.05) is 0 Å². The molecule has 8 heteroatoms. The van der Waals surface area contributed by atoms with Crippen molar-refractivity contribution in [2.24, 2.45) is 4.40 Å². The summed E-state index contributed by atoms with van der Waals surface area (Å²) in [6.45, 7) is 13.0. The minimum atomic E-state index is -1.37. The van der Waals surface area contributed by atoms with Crippen molar-refractivity contribution in [2.45, 2.75) is 95.5 Å². The van der Waals surface area contributed by atoms with Crippen LogP contribution >= 0.6 is 0 Å². The lowest BCUT2D eigenvalue weighted by atomic mass is 10.00. The fourth-order valence-electron chi connectivity index (χ4n) is 3.04. The first-order valence-electron chi connectivity index (χ1n) is 8.21. The lowest BCUT2D eigenvalue weighted by Gasteiger charge is -2.35. The first-order valence-corrected chi connectivity index (χ1v) is 9.32. The molecule has 138 valence electrons. The maximum Gasteiger partial charge on any atom is 0.190 e. The van der Waals surface area contributed by atoms with Gasteiger partial charge in [-0.25, -0.2) is 4.21 Å². The second-order valence-electron chi connectivity index (χ2n) is 8.25. The van der Waals surface area contributed by atoms with Crippen LogP contribution in [-0.2, 0) is 34.7 Å². The van der Waals surface area contributed by atoms with E-state index in [2.05, 4.69) is 4.40 Å². The highest BCUT2D eigenvalue weighted by molar-refractivity contribution is 7.85. The Balaban J connectivity index is 1.83. The van der Waals surface area contributed by atoms with Gasteiger partial charge in [-0.15, -0.1) is 0 Å². The summed E-state index contributed by atoms with van der Waals surface area (Å²) in [6.07, 6.45) is -0.626. The maximum absolute atomic E-state index is 12.2. The first kappa shape index (κ1) is 18.4. The van der Waals surface area contributed by atoms with Gasteiger partial charge in [0.25, 0.3) is 0 Å². The Bertz CT molecular complexity index is 555. The average Bonchev–Trinajstić information content (AvgIpc) is 2.88. The zero-order valence-corrected chi connectivity index (χ0v) is 16.1. The molecule has 6 atom stereocenters. The molecule has 0 aromatic rings. The van der Waals surface area contributed by atoms with E-state index in [1.54, 1.807) is 6.21 Å². The number of fused-ring (bicyclic) bond motifs is 3. The minimum Gasteiger partial charge on any atom is -0.342 e. The van der Waals surface area contributed by atoms with Crippen LogP contribution < -0.4 is 0 Å². The van der Waals surface area contributed by atoms with Gasteiger partial charge in [0, 0.05) is 6.21 Å². The van der Waals surface area contributed by atoms with Crippen LogP contribution in [0.1, 0.15) is 48.5 Å². The fourth-order valence-corrected chi connectivity index (χ4v) is 3.58. The van der Waals surface area contributed by atoms with Crippen molar-refractivity contribution < 1.29 is 27.9 Å². The second kappa shape index (κ2) is 5.82. The van der Waals surface area contributed by atoms with E-state index >= 15 is 0 Å². The molecule has 3 saturated heterocycles. The van der Waals surface area contributed by atoms with Crippen LogP contribution in [-0.4, -0.2) is 57.5 Å². The van der Waals surface area contributed by atoms with E-state index in [0.717, 1.165) is 0 Å². The summed E-state index contributed by atoms with van der Waals surface area (Å²) in [5.74, 6) is -1.50. The Morgan fingerprint density at radius 3 is 2.08 bits per heavy atom. The molecule has 7 nitrogen and oxygen atoms in total. The molecule has 3 heterocycles. The first-order chi connectivity index (χ1) is 10.9. The molecule has 0 amide bonds. The summed E-state index contributed by atoms with van der Waals surface area (Å²) in [6, 6.07) is 0. The minimum absolute atomic E-state index is 0.333. The molecule has 0 bridgehead atoms. The topological polar surface area (TPSA) is 75.6 Å². The Kier molecular flexibility index (Phi) is 4.47. The van der Waals surface area contributed by atoms with Gasteiger partial charge in [-0.3, -0.25) is 0 Å². The van der Waals surface area contributed by atoms with Gasteiger partial charge in [-0.1, -0.05) is 0 Å². The smallest absolute Gasteiger partial charge is 0.190 e. The molecule has 0 aromatic heterocycles. The largest absolute Gasteiger partial charge is 0.342 e. The van der Waals surface area contributed by atoms with Gasteiger partial charge >= 0.3 is 0 Å².